The van der Waals surface area contributed by atoms with Crippen molar-refractivity contribution in [2.45, 2.75) is 32.7 Å². The molecule has 0 aromatic heterocycles. The molecule has 4 amide bonds. The maximum Gasteiger partial charge on any atom is 0.325 e. The highest BCUT2D eigenvalue weighted by atomic mass is 16.2. The number of carbonyl (C=O) groups excluding carboxylic acids is 3. The van der Waals surface area contributed by atoms with Crippen LogP contribution in [-0.2, 0) is 9.59 Å². The Kier molecular flexibility index (Phi) is 3.49. The number of nitrogens with two attached hydrogens (primary N) is 1. The third-order valence-electron chi connectivity index (χ3n) is 4.14. The number of likely N-dealkylation sites (tertiary alicyclic amines) is 1. The summed E-state index contributed by atoms with van der Waals surface area (Å²) < 4.78 is 0. The van der Waals surface area contributed by atoms with Crippen LogP contribution in [0.3, 0.4) is 0 Å². The van der Waals surface area contributed by atoms with Gasteiger partial charge in [-0.2, -0.15) is 0 Å². The fourth-order valence-corrected chi connectivity index (χ4v) is 2.60. The molecule has 1 unspecified atom stereocenters. The van der Waals surface area contributed by atoms with Crippen LogP contribution in [0.25, 0.3) is 0 Å². The number of nitrogens with zero attached hydrogens (tertiary/aromatic N) is 2. The molecule has 112 valence electrons. The Morgan fingerprint density at radius 2 is 2.00 bits per heavy atom. The Bertz CT molecular complexity index is 463. The molecule has 3 N–H and O–H groups in total. The van der Waals surface area contributed by atoms with Crippen molar-refractivity contribution in [2.75, 3.05) is 26.2 Å². The lowest BCUT2D eigenvalue weighted by molar-refractivity contribution is -0.138. The summed E-state index contributed by atoms with van der Waals surface area (Å²) in [6.45, 7) is 6.81. The van der Waals surface area contributed by atoms with Crippen molar-refractivity contribution in [3.05, 3.63) is 0 Å². The SMILES string of the molecule is CC1(CN)CCN(C(=O)CN2C(=O)NC(C)(C)C2=O)C1. The number of amides is 4. The van der Waals surface area contributed by atoms with Crippen LogP contribution >= 0.6 is 0 Å². The van der Waals surface area contributed by atoms with E-state index in [1.165, 1.54) is 0 Å². The maximum absolute atomic E-state index is 12.2. The highest BCUT2D eigenvalue weighted by Crippen LogP contribution is 2.28. The topological polar surface area (TPSA) is 95.7 Å². The minimum Gasteiger partial charge on any atom is -0.341 e. The zero-order chi connectivity index (χ0) is 15.1. The zero-order valence-electron chi connectivity index (χ0n) is 12.2. The van der Waals surface area contributed by atoms with Crippen molar-refractivity contribution >= 4 is 17.8 Å². The summed E-state index contributed by atoms with van der Waals surface area (Å²) in [5.74, 6) is -0.569. The van der Waals surface area contributed by atoms with Crippen molar-refractivity contribution in [1.82, 2.24) is 15.1 Å². The summed E-state index contributed by atoms with van der Waals surface area (Å²) in [6, 6.07) is -0.505. The number of urea groups is 1. The van der Waals surface area contributed by atoms with Crippen LogP contribution in [0.4, 0.5) is 4.79 Å². The molecule has 2 saturated heterocycles. The second-order valence-electron chi connectivity index (χ2n) is 6.53. The monoisotopic (exact) mass is 282 g/mol. The largest absolute Gasteiger partial charge is 0.341 e. The first-order valence-corrected chi connectivity index (χ1v) is 6.80. The average Bonchev–Trinajstić information content (AvgIpc) is 2.85. The fourth-order valence-electron chi connectivity index (χ4n) is 2.60. The highest BCUT2D eigenvalue weighted by molar-refractivity contribution is 6.08. The standard InChI is InChI=1S/C13H22N4O3/c1-12(2)10(19)17(11(20)15-12)6-9(18)16-5-4-13(3,7-14)8-16/h4-8,14H2,1-3H3,(H,15,20). The first-order valence-electron chi connectivity index (χ1n) is 6.80. The average molecular weight is 282 g/mol. The first kappa shape index (κ1) is 14.8. The number of nitrogens with one attached hydrogen (secondary N) is 1. The lowest BCUT2D eigenvalue weighted by atomic mass is 9.90. The van der Waals surface area contributed by atoms with E-state index in [4.69, 9.17) is 5.73 Å². The van der Waals surface area contributed by atoms with E-state index in [9.17, 15) is 14.4 Å². The van der Waals surface area contributed by atoms with Crippen LogP contribution in [0.5, 0.6) is 0 Å². The second kappa shape index (κ2) is 4.73. The predicted molar refractivity (Wildman–Crippen MR) is 72.7 cm³/mol. The van der Waals surface area contributed by atoms with Crippen LogP contribution < -0.4 is 11.1 Å². The summed E-state index contributed by atoms with van der Waals surface area (Å²) in [5, 5.41) is 2.56. The molecule has 2 aliphatic heterocycles. The number of hydrogen-bond acceptors (Lipinski definition) is 4. The van der Waals surface area contributed by atoms with E-state index in [1.54, 1.807) is 18.7 Å². The molecule has 2 heterocycles. The van der Waals surface area contributed by atoms with Gasteiger partial charge in [-0.3, -0.25) is 14.5 Å². The molecule has 0 spiro atoms. The molecular weight excluding hydrogens is 260 g/mol. The van der Waals surface area contributed by atoms with Gasteiger partial charge in [0.05, 0.1) is 0 Å². The summed E-state index contributed by atoms with van der Waals surface area (Å²) in [4.78, 5) is 38.6. The van der Waals surface area contributed by atoms with Gasteiger partial charge in [0.2, 0.25) is 5.91 Å². The van der Waals surface area contributed by atoms with Crippen LogP contribution in [0.1, 0.15) is 27.2 Å². The van der Waals surface area contributed by atoms with Gasteiger partial charge in [-0.05, 0) is 32.2 Å². The number of hydrogen-bond donors (Lipinski definition) is 2. The molecule has 2 rings (SSSR count). The second-order valence-corrected chi connectivity index (χ2v) is 6.53. The van der Waals surface area contributed by atoms with Gasteiger partial charge in [0.1, 0.15) is 12.1 Å². The van der Waals surface area contributed by atoms with Crippen LogP contribution in [0, 0.1) is 5.41 Å². The molecule has 0 aromatic rings. The Hall–Kier alpha value is -1.63. The van der Waals surface area contributed by atoms with Gasteiger partial charge in [0.25, 0.3) is 5.91 Å². The summed E-state index contributed by atoms with van der Waals surface area (Å²) >= 11 is 0. The summed E-state index contributed by atoms with van der Waals surface area (Å²) in [7, 11) is 0. The van der Waals surface area contributed by atoms with Gasteiger partial charge in [-0.15, -0.1) is 0 Å². The van der Waals surface area contributed by atoms with E-state index < -0.39 is 11.6 Å². The Morgan fingerprint density at radius 1 is 1.35 bits per heavy atom. The van der Waals surface area contributed by atoms with Gasteiger partial charge in [-0.25, -0.2) is 4.79 Å². The van der Waals surface area contributed by atoms with E-state index in [-0.39, 0.29) is 23.8 Å². The molecule has 1 atom stereocenters. The van der Waals surface area contributed by atoms with Gasteiger partial charge in [-0.1, -0.05) is 6.92 Å². The van der Waals surface area contributed by atoms with E-state index in [0.717, 1.165) is 11.3 Å². The third kappa shape index (κ3) is 2.49. The number of carbonyl (C=O) groups is 3. The molecule has 0 aromatic carbocycles. The third-order valence-corrected chi connectivity index (χ3v) is 4.14. The van der Waals surface area contributed by atoms with Crippen molar-refractivity contribution in [3.63, 3.8) is 0 Å². The molecule has 7 heteroatoms. The zero-order valence-corrected chi connectivity index (χ0v) is 12.2. The minimum atomic E-state index is -0.936. The maximum atomic E-state index is 12.2. The van der Waals surface area contributed by atoms with Crippen LogP contribution in [0.15, 0.2) is 0 Å². The number of rotatable bonds is 3. The van der Waals surface area contributed by atoms with Gasteiger partial charge in [0, 0.05) is 13.1 Å². The minimum absolute atomic E-state index is 0.0633. The molecule has 0 bridgehead atoms. The molecule has 7 nitrogen and oxygen atoms in total. The molecule has 2 fully saturated rings. The summed E-state index contributed by atoms with van der Waals surface area (Å²) in [5.41, 5.74) is 4.71. The summed E-state index contributed by atoms with van der Waals surface area (Å²) in [6.07, 6.45) is 0.848. The first-order chi connectivity index (χ1) is 9.18. The van der Waals surface area contributed by atoms with Gasteiger partial charge in [0.15, 0.2) is 0 Å². The van der Waals surface area contributed by atoms with Crippen molar-refractivity contribution in [1.29, 1.82) is 0 Å². The van der Waals surface area contributed by atoms with Gasteiger partial charge < -0.3 is 16.0 Å². The number of imide groups is 1. The van der Waals surface area contributed by atoms with E-state index in [0.29, 0.717) is 19.6 Å². The molecule has 2 aliphatic rings. The van der Waals surface area contributed by atoms with Gasteiger partial charge >= 0.3 is 6.03 Å². The Morgan fingerprint density at radius 3 is 2.45 bits per heavy atom. The van der Waals surface area contributed by atoms with Crippen molar-refractivity contribution in [2.24, 2.45) is 11.1 Å². The van der Waals surface area contributed by atoms with E-state index in [2.05, 4.69) is 5.32 Å². The van der Waals surface area contributed by atoms with Crippen molar-refractivity contribution < 1.29 is 14.4 Å². The quantitative estimate of drug-likeness (QED) is 0.683. The van der Waals surface area contributed by atoms with Crippen LogP contribution in [-0.4, -0.2) is 59.4 Å². The predicted octanol–water partition coefficient (Wildman–Crippen LogP) is -0.486. The smallest absolute Gasteiger partial charge is 0.325 e. The molecular formula is C13H22N4O3. The lowest BCUT2D eigenvalue weighted by Crippen LogP contribution is -2.44. The Labute approximate surface area is 118 Å². The molecule has 20 heavy (non-hydrogen) atoms. The normalized spacial score (nSPS) is 29.0. The van der Waals surface area contributed by atoms with E-state index in [1.807, 2.05) is 6.92 Å². The molecule has 0 aliphatic carbocycles. The highest BCUT2D eigenvalue weighted by Gasteiger charge is 2.46. The fraction of sp³-hybridized carbons (Fsp3) is 0.769. The molecule has 0 radical (unpaired) electrons. The molecule has 0 saturated carbocycles. The van der Waals surface area contributed by atoms with Crippen molar-refractivity contribution in [3.8, 4) is 0 Å². The Balaban J connectivity index is 2.00. The van der Waals surface area contributed by atoms with Crippen LogP contribution in [0.2, 0.25) is 0 Å². The van der Waals surface area contributed by atoms with E-state index >= 15 is 0 Å². The lowest BCUT2D eigenvalue weighted by Gasteiger charge is -2.24.